The molecule has 1 amide bonds. The summed E-state index contributed by atoms with van der Waals surface area (Å²) >= 11 is 0. The van der Waals surface area contributed by atoms with Crippen LogP contribution in [-0.2, 0) is 12.6 Å². The summed E-state index contributed by atoms with van der Waals surface area (Å²) in [6.07, 6.45) is -0.242. The molecule has 4 rings (SSSR count). The number of pyridine rings is 2. The second-order valence-corrected chi connectivity index (χ2v) is 7.08. The van der Waals surface area contributed by atoms with Gasteiger partial charge in [0.15, 0.2) is 5.65 Å². The molecular weight excluding hydrogens is 423 g/mol. The fraction of sp³-hybridized carbons (Fsp3) is 0.182. The van der Waals surface area contributed by atoms with Crippen LogP contribution in [-0.4, -0.2) is 31.6 Å². The summed E-state index contributed by atoms with van der Waals surface area (Å²) in [6, 6.07) is 12.5. The van der Waals surface area contributed by atoms with Gasteiger partial charge in [0.25, 0.3) is 11.5 Å². The summed E-state index contributed by atoms with van der Waals surface area (Å²) in [5, 5.41) is 11.0. The van der Waals surface area contributed by atoms with Crippen molar-refractivity contribution >= 4 is 11.6 Å². The van der Waals surface area contributed by atoms with Gasteiger partial charge in [-0.25, -0.2) is 0 Å². The van der Waals surface area contributed by atoms with Crippen LogP contribution in [0.3, 0.4) is 0 Å². The summed E-state index contributed by atoms with van der Waals surface area (Å²) in [5.74, 6) is 0.338. The van der Waals surface area contributed by atoms with Gasteiger partial charge in [0, 0.05) is 37.1 Å². The fourth-order valence-electron chi connectivity index (χ4n) is 3.27. The van der Waals surface area contributed by atoms with Gasteiger partial charge in [-0.05, 0) is 42.8 Å². The number of carbonyl (C=O) groups is 1. The van der Waals surface area contributed by atoms with E-state index in [0.29, 0.717) is 19.4 Å². The molecule has 0 aliphatic carbocycles. The minimum Gasteiger partial charge on any atom is -0.352 e. The third kappa shape index (κ3) is 4.53. The summed E-state index contributed by atoms with van der Waals surface area (Å²) in [6.45, 7) is 0.350. The van der Waals surface area contributed by atoms with Crippen LogP contribution < -0.4 is 10.9 Å². The topological polar surface area (TPSA) is 81.3 Å². The van der Waals surface area contributed by atoms with Crippen molar-refractivity contribution in [2.24, 2.45) is 0 Å². The van der Waals surface area contributed by atoms with Crippen molar-refractivity contribution < 1.29 is 18.0 Å². The predicted molar refractivity (Wildman–Crippen MR) is 111 cm³/mol. The first-order valence-electron chi connectivity index (χ1n) is 9.80. The van der Waals surface area contributed by atoms with Gasteiger partial charge in [0.2, 0.25) is 0 Å². The van der Waals surface area contributed by atoms with Crippen molar-refractivity contribution in [2.75, 3.05) is 6.54 Å². The molecule has 164 valence electrons. The highest BCUT2D eigenvalue weighted by Crippen LogP contribution is 2.30. The van der Waals surface area contributed by atoms with Crippen molar-refractivity contribution in [1.82, 2.24) is 24.5 Å². The van der Waals surface area contributed by atoms with Gasteiger partial charge in [-0.15, -0.1) is 10.2 Å². The van der Waals surface area contributed by atoms with Crippen LogP contribution in [0.2, 0.25) is 0 Å². The van der Waals surface area contributed by atoms with Crippen LogP contribution in [0, 0.1) is 0 Å². The van der Waals surface area contributed by atoms with E-state index in [2.05, 4.69) is 15.5 Å². The Balaban J connectivity index is 1.43. The molecule has 0 saturated carbocycles. The Morgan fingerprint density at radius 1 is 1.03 bits per heavy atom. The van der Waals surface area contributed by atoms with Crippen molar-refractivity contribution in [1.29, 1.82) is 0 Å². The highest BCUT2D eigenvalue weighted by Gasteiger charge is 2.30. The Hall–Kier alpha value is -3.95. The molecule has 10 heteroatoms. The van der Waals surface area contributed by atoms with Gasteiger partial charge in [-0.2, -0.15) is 13.2 Å². The third-order valence-electron chi connectivity index (χ3n) is 4.87. The molecule has 0 unspecified atom stereocenters. The van der Waals surface area contributed by atoms with E-state index >= 15 is 0 Å². The maximum Gasteiger partial charge on any atom is 0.416 e. The molecule has 3 heterocycles. The third-order valence-corrected chi connectivity index (χ3v) is 4.87. The normalized spacial score (nSPS) is 11.6. The predicted octanol–water partition coefficient (Wildman–Crippen LogP) is 3.26. The van der Waals surface area contributed by atoms with E-state index in [1.807, 2.05) is 28.8 Å². The van der Waals surface area contributed by atoms with E-state index in [0.717, 1.165) is 34.2 Å². The number of benzene rings is 1. The number of nitrogens with zero attached hydrogens (tertiary/aromatic N) is 4. The number of rotatable bonds is 6. The fourth-order valence-corrected chi connectivity index (χ4v) is 3.27. The monoisotopic (exact) mass is 441 g/mol. The Bertz CT molecular complexity index is 1330. The molecule has 32 heavy (non-hydrogen) atoms. The zero-order valence-corrected chi connectivity index (χ0v) is 16.7. The number of fused-ring (bicyclic) bond motifs is 1. The zero-order valence-electron chi connectivity index (χ0n) is 16.7. The molecule has 0 fully saturated rings. The molecule has 3 aromatic heterocycles. The molecule has 1 N–H and O–H groups in total. The minimum absolute atomic E-state index is 0.0261. The van der Waals surface area contributed by atoms with Crippen molar-refractivity contribution in [3.8, 4) is 5.69 Å². The number of alkyl halides is 3. The molecule has 0 aliphatic heterocycles. The Morgan fingerprint density at radius 2 is 1.88 bits per heavy atom. The van der Waals surface area contributed by atoms with Crippen LogP contribution in [0.15, 0.2) is 71.8 Å². The molecule has 7 nitrogen and oxygen atoms in total. The van der Waals surface area contributed by atoms with Gasteiger partial charge in [-0.1, -0.05) is 12.1 Å². The maximum atomic E-state index is 13.0. The molecule has 4 aromatic rings. The van der Waals surface area contributed by atoms with E-state index in [1.165, 1.54) is 24.4 Å². The van der Waals surface area contributed by atoms with Crippen LogP contribution in [0.5, 0.6) is 0 Å². The lowest BCUT2D eigenvalue weighted by Gasteiger charge is -2.12. The second-order valence-electron chi connectivity index (χ2n) is 7.08. The first-order chi connectivity index (χ1) is 15.3. The standard InChI is InChI=1S/C22H18F3N5O2/c23-22(24,25)16-5-3-6-17(13-16)30-14-15(9-10-20(30)31)21(32)26-11-4-8-19-28-27-18-7-1-2-12-29(18)19/h1-3,5-7,9-10,12-14H,4,8,11H2,(H,26,32). The number of aryl methyl sites for hydroxylation is 1. The number of hydrogen-bond acceptors (Lipinski definition) is 4. The number of amides is 1. The van der Waals surface area contributed by atoms with E-state index in [-0.39, 0.29) is 11.3 Å². The van der Waals surface area contributed by atoms with Crippen molar-refractivity contribution in [3.05, 3.63) is 94.3 Å². The van der Waals surface area contributed by atoms with Crippen molar-refractivity contribution in [3.63, 3.8) is 0 Å². The van der Waals surface area contributed by atoms with E-state index < -0.39 is 23.2 Å². The zero-order chi connectivity index (χ0) is 22.7. The smallest absolute Gasteiger partial charge is 0.352 e. The average molecular weight is 441 g/mol. The van der Waals surface area contributed by atoms with Gasteiger partial charge in [0.05, 0.1) is 11.1 Å². The van der Waals surface area contributed by atoms with E-state index in [1.54, 1.807) is 0 Å². The molecule has 0 saturated heterocycles. The van der Waals surface area contributed by atoms with Crippen molar-refractivity contribution in [2.45, 2.75) is 19.0 Å². The number of carbonyl (C=O) groups excluding carboxylic acids is 1. The second kappa shape index (κ2) is 8.66. The number of halogens is 3. The quantitative estimate of drug-likeness (QED) is 0.466. The number of hydrogen-bond donors (Lipinski definition) is 1. The molecular formula is C22H18F3N5O2. The largest absolute Gasteiger partial charge is 0.416 e. The molecule has 0 atom stereocenters. The molecule has 0 radical (unpaired) electrons. The highest BCUT2D eigenvalue weighted by molar-refractivity contribution is 5.93. The molecule has 0 aliphatic rings. The first kappa shape index (κ1) is 21.3. The summed E-state index contributed by atoms with van der Waals surface area (Å²) in [4.78, 5) is 24.7. The Morgan fingerprint density at radius 3 is 2.69 bits per heavy atom. The van der Waals surface area contributed by atoms with E-state index in [4.69, 9.17) is 0 Å². The Labute approximate surface area is 180 Å². The highest BCUT2D eigenvalue weighted by atomic mass is 19.4. The summed E-state index contributed by atoms with van der Waals surface area (Å²) in [5.41, 5.74) is -0.492. The summed E-state index contributed by atoms with van der Waals surface area (Å²) in [7, 11) is 0. The lowest BCUT2D eigenvalue weighted by atomic mass is 10.2. The van der Waals surface area contributed by atoms with Gasteiger partial charge >= 0.3 is 6.18 Å². The first-order valence-corrected chi connectivity index (χ1v) is 9.80. The van der Waals surface area contributed by atoms with Crippen LogP contribution in [0.1, 0.15) is 28.2 Å². The van der Waals surface area contributed by atoms with Gasteiger partial charge < -0.3 is 5.32 Å². The molecule has 0 bridgehead atoms. The SMILES string of the molecule is O=C(NCCCc1nnc2ccccn12)c1ccc(=O)n(-c2cccc(C(F)(F)F)c2)c1. The molecule has 0 spiro atoms. The Kier molecular flexibility index (Phi) is 5.76. The van der Waals surface area contributed by atoms with Crippen LogP contribution in [0.25, 0.3) is 11.3 Å². The minimum atomic E-state index is -4.54. The van der Waals surface area contributed by atoms with Gasteiger partial charge in [0.1, 0.15) is 5.82 Å². The number of aromatic nitrogens is 4. The average Bonchev–Trinajstić information content (AvgIpc) is 3.19. The summed E-state index contributed by atoms with van der Waals surface area (Å²) < 4.78 is 41.9. The lowest BCUT2D eigenvalue weighted by Crippen LogP contribution is -2.27. The van der Waals surface area contributed by atoms with E-state index in [9.17, 15) is 22.8 Å². The lowest BCUT2D eigenvalue weighted by molar-refractivity contribution is -0.137. The molecule has 1 aromatic carbocycles. The van der Waals surface area contributed by atoms with Crippen LogP contribution in [0.4, 0.5) is 13.2 Å². The van der Waals surface area contributed by atoms with Gasteiger partial charge in [-0.3, -0.25) is 18.6 Å². The van der Waals surface area contributed by atoms with Crippen LogP contribution >= 0.6 is 0 Å². The maximum absolute atomic E-state index is 13.0. The number of nitrogens with one attached hydrogen (secondary N) is 1.